The van der Waals surface area contributed by atoms with Gasteiger partial charge in [0.1, 0.15) is 0 Å². The Morgan fingerprint density at radius 1 is 1.35 bits per heavy atom. The third kappa shape index (κ3) is 4.99. The van der Waals surface area contributed by atoms with E-state index in [1.165, 1.54) is 0 Å². The van der Waals surface area contributed by atoms with Crippen LogP contribution in [0.3, 0.4) is 0 Å². The van der Waals surface area contributed by atoms with Crippen molar-refractivity contribution in [1.29, 1.82) is 0 Å². The van der Waals surface area contributed by atoms with Crippen molar-refractivity contribution in [1.82, 2.24) is 10.6 Å². The lowest BCUT2D eigenvalue weighted by atomic mass is 10.1. The summed E-state index contributed by atoms with van der Waals surface area (Å²) in [5.74, 6) is -0.0808. The Morgan fingerprint density at radius 2 is 2.00 bits per heavy atom. The minimum absolute atomic E-state index is 0.0720. The van der Waals surface area contributed by atoms with Crippen molar-refractivity contribution < 1.29 is 9.59 Å². The van der Waals surface area contributed by atoms with E-state index >= 15 is 0 Å². The van der Waals surface area contributed by atoms with E-state index in [1.807, 2.05) is 24.3 Å². The molecule has 0 saturated carbocycles. The van der Waals surface area contributed by atoms with Crippen molar-refractivity contribution >= 4 is 18.0 Å². The van der Waals surface area contributed by atoms with E-state index in [1.54, 1.807) is 14.0 Å². The molecule has 6 heteroatoms. The second-order valence-corrected chi connectivity index (χ2v) is 4.62. The van der Waals surface area contributed by atoms with Crippen LogP contribution in [0.1, 0.15) is 12.5 Å². The van der Waals surface area contributed by atoms with Gasteiger partial charge in [-0.25, -0.2) is 0 Å². The highest BCUT2D eigenvalue weighted by molar-refractivity contribution is 5.94. The summed E-state index contributed by atoms with van der Waals surface area (Å²) in [6, 6.07) is 7.18. The number of anilines is 1. The average molecular weight is 278 g/mol. The third-order valence-corrected chi connectivity index (χ3v) is 3.12. The van der Waals surface area contributed by atoms with E-state index in [0.29, 0.717) is 19.4 Å². The van der Waals surface area contributed by atoms with Gasteiger partial charge in [-0.1, -0.05) is 12.1 Å². The molecule has 6 nitrogen and oxygen atoms in total. The van der Waals surface area contributed by atoms with Crippen molar-refractivity contribution in [3.8, 4) is 0 Å². The van der Waals surface area contributed by atoms with Gasteiger partial charge in [0.2, 0.25) is 12.3 Å². The molecule has 0 aliphatic carbocycles. The normalized spacial score (nSPS) is 13.3. The minimum Gasteiger partial charge on any atom is -0.354 e. The number of benzene rings is 1. The summed E-state index contributed by atoms with van der Waals surface area (Å²) in [7, 11) is 1.74. The van der Waals surface area contributed by atoms with Gasteiger partial charge in [-0.15, -0.1) is 0 Å². The Morgan fingerprint density at radius 3 is 2.50 bits per heavy atom. The first-order valence-electron chi connectivity index (χ1n) is 6.57. The van der Waals surface area contributed by atoms with Crippen LogP contribution in [0, 0.1) is 0 Å². The van der Waals surface area contributed by atoms with Crippen molar-refractivity contribution in [2.45, 2.75) is 25.4 Å². The van der Waals surface area contributed by atoms with Gasteiger partial charge in [0.15, 0.2) is 0 Å². The molecule has 0 aromatic heterocycles. The van der Waals surface area contributed by atoms with Crippen molar-refractivity contribution in [3.05, 3.63) is 29.8 Å². The van der Waals surface area contributed by atoms with Gasteiger partial charge in [0.25, 0.3) is 0 Å². The summed E-state index contributed by atoms with van der Waals surface area (Å²) in [6.07, 6.45) is 1.32. The highest BCUT2D eigenvalue weighted by Crippen LogP contribution is 2.11. The standard InChI is InChI=1S/C14H22N4O2/c1-10(16-2)14(20)18-12-5-3-11(4-6-12)7-13(8-15)17-9-19/h3-6,9-10,13,16H,7-8,15H2,1-2H3,(H,17,19)(H,18,20). The van der Waals surface area contributed by atoms with E-state index in [0.717, 1.165) is 11.3 Å². The maximum Gasteiger partial charge on any atom is 0.241 e. The summed E-state index contributed by atoms with van der Waals surface area (Å²) in [5.41, 5.74) is 7.36. The molecule has 2 unspecified atom stereocenters. The molecule has 0 bridgehead atoms. The first-order valence-corrected chi connectivity index (χ1v) is 6.57. The van der Waals surface area contributed by atoms with E-state index < -0.39 is 0 Å². The quantitative estimate of drug-likeness (QED) is 0.497. The van der Waals surface area contributed by atoms with Gasteiger partial charge >= 0.3 is 0 Å². The van der Waals surface area contributed by atoms with Crippen molar-refractivity contribution in [3.63, 3.8) is 0 Å². The lowest BCUT2D eigenvalue weighted by Crippen LogP contribution is -2.37. The van der Waals surface area contributed by atoms with Crippen LogP contribution in [0.5, 0.6) is 0 Å². The topological polar surface area (TPSA) is 96.2 Å². The number of carbonyl (C=O) groups is 2. The Labute approximate surface area is 119 Å². The molecule has 0 fully saturated rings. The summed E-state index contributed by atoms with van der Waals surface area (Å²) in [4.78, 5) is 22.1. The van der Waals surface area contributed by atoms with Crippen LogP contribution in [-0.4, -0.2) is 38.0 Å². The second kappa shape index (κ2) is 8.29. The number of rotatable bonds is 8. The zero-order valence-electron chi connectivity index (χ0n) is 11.8. The third-order valence-electron chi connectivity index (χ3n) is 3.12. The van der Waals surface area contributed by atoms with Crippen LogP contribution in [0.2, 0.25) is 0 Å². The van der Waals surface area contributed by atoms with Gasteiger partial charge in [-0.05, 0) is 38.1 Å². The van der Waals surface area contributed by atoms with E-state index in [-0.39, 0.29) is 18.0 Å². The molecule has 1 rings (SSSR count). The highest BCUT2D eigenvalue weighted by Gasteiger charge is 2.10. The molecule has 0 saturated heterocycles. The molecular weight excluding hydrogens is 256 g/mol. The van der Waals surface area contributed by atoms with E-state index in [2.05, 4.69) is 16.0 Å². The summed E-state index contributed by atoms with van der Waals surface area (Å²) < 4.78 is 0. The SMILES string of the molecule is CNC(C)C(=O)Nc1ccc(CC(CN)NC=O)cc1. The lowest BCUT2D eigenvalue weighted by Gasteiger charge is -2.14. The minimum atomic E-state index is -0.243. The average Bonchev–Trinajstić information content (AvgIpc) is 2.47. The molecule has 1 aromatic carbocycles. The molecule has 110 valence electrons. The first kappa shape index (κ1) is 16.1. The number of amides is 2. The molecular formula is C14H22N4O2. The first-order chi connectivity index (χ1) is 9.60. The number of nitrogens with one attached hydrogen (secondary N) is 3. The zero-order valence-corrected chi connectivity index (χ0v) is 11.8. The fourth-order valence-electron chi connectivity index (χ4n) is 1.70. The molecule has 0 spiro atoms. The van der Waals surface area contributed by atoms with Crippen LogP contribution in [-0.2, 0) is 16.0 Å². The molecule has 20 heavy (non-hydrogen) atoms. The molecule has 5 N–H and O–H groups in total. The molecule has 2 atom stereocenters. The second-order valence-electron chi connectivity index (χ2n) is 4.62. The molecule has 1 aromatic rings. The Bertz CT molecular complexity index is 433. The monoisotopic (exact) mass is 278 g/mol. The largest absolute Gasteiger partial charge is 0.354 e. The van der Waals surface area contributed by atoms with Gasteiger partial charge in [0.05, 0.1) is 6.04 Å². The fraction of sp³-hybridized carbons (Fsp3) is 0.429. The molecule has 0 radical (unpaired) electrons. The molecule has 0 aliphatic heterocycles. The Balaban J connectivity index is 2.59. The zero-order chi connectivity index (χ0) is 15.0. The Kier molecular flexibility index (Phi) is 6.69. The van der Waals surface area contributed by atoms with E-state index in [9.17, 15) is 9.59 Å². The van der Waals surface area contributed by atoms with E-state index in [4.69, 9.17) is 5.73 Å². The molecule has 0 heterocycles. The van der Waals surface area contributed by atoms with Crippen LogP contribution in [0.25, 0.3) is 0 Å². The fourth-order valence-corrected chi connectivity index (χ4v) is 1.70. The highest BCUT2D eigenvalue weighted by atomic mass is 16.2. The summed E-state index contributed by atoms with van der Waals surface area (Å²) >= 11 is 0. The summed E-state index contributed by atoms with van der Waals surface area (Å²) in [5, 5.41) is 8.36. The van der Waals surface area contributed by atoms with Crippen LogP contribution < -0.4 is 21.7 Å². The maximum absolute atomic E-state index is 11.7. The van der Waals surface area contributed by atoms with Crippen molar-refractivity contribution in [2.75, 3.05) is 18.9 Å². The smallest absolute Gasteiger partial charge is 0.241 e. The molecule has 0 aliphatic rings. The number of hydrogen-bond acceptors (Lipinski definition) is 4. The van der Waals surface area contributed by atoms with Gasteiger partial charge in [-0.2, -0.15) is 0 Å². The Hall–Kier alpha value is -1.92. The molecule has 2 amide bonds. The number of hydrogen-bond donors (Lipinski definition) is 4. The van der Waals surface area contributed by atoms with Crippen LogP contribution in [0.4, 0.5) is 5.69 Å². The number of carbonyl (C=O) groups excluding carboxylic acids is 2. The summed E-state index contributed by atoms with van der Waals surface area (Å²) in [6.45, 7) is 2.18. The van der Waals surface area contributed by atoms with Gasteiger partial charge in [-0.3, -0.25) is 9.59 Å². The lowest BCUT2D eigenvalue weighted by molar-refractivity contribution is -0.117. The number of nitrogens with two attached hydrogens (primary N) is 1. The number of likely N-dealkylation sites (N-methyl/N-ethyl adjacent to an activating group) is 1. The predicted octanol–water partition coefficient (Wildman–Crippen LogP) is -0.151. The van der Waals surface area contributed by atoms with Gasteiger partial charge in [0, 0.05) is 18.3 Å². The van der Waals surface area contributed by atoms with Crippen molar-refractivity contribution in [2.24, 2.45) is 5.73 Å². The maximum atomic E-state index is 11.7. The van der Waals surface area contributed by atoms with Crippen LogP contribution >= 0.6 is 0 Å². The van der Waals surface area contributed by atoms with Crippen LogP contribution in [0.15, 0.2) is 24.3 Å². The predicted molar refractivity (Wildman–Crippen MR) is 79.3 cm³/mol. The van der Waals surface area contributed by atoms with Gasteiger partial charge < -0.3 is 21.7 Å².